The average Bonchev–Trinajstić information content (AvgIpc) is 2.91. The van der Waals surface area contributed by atoms with Gasteiger partial charge < -0.3 is 15.1 Å². The van der Waals surface area contributed by atoms with E-state index >= 15 is 0 Å². The third kappa shape index (κ3) is 3.26. The lowest BCUT2D eigenvalue weighted by molar-refractivity contribution is 0.348. The van der Waals surface area contributed by atoms with Gasteiger partial charge in [0.2, 0.25) is 0 Å². The van der Waals surface area contributed by atoms with E-state index in [1.54, 1.807) is 0 Å². The minimum Gasteiger partial charge on any atom is -0.381 e. The molecule has 1 unspecified atom stereocenters. The van der Waals surface area contributed by atoms with E-state index in [4.69, 9.17) is 0 Å². The first-order valence-corrected chi connectivity index (χ1v) is 8.12. The lowest BCUT2D eigenvalue weighted by Crippen LogP contribution is -2.25. The van der Waals surface area contributed by atoms with E-state index in [0.29, 0.717) is 6.04 Å². The van der Waals surface area contributed by atoms with E-state index in [1.165, 1.54) is 69.7 Å². The van der Waals surface area contributed by atoms with Gasteiger partial charge >= 0.3 is 0 Å². The van der Waals surface area contributed by atoms with Crippen LogP contribution in [-0.4, -0.2) is 44.2 Å². The normalized spacial score (nSPS) is 24.6. The summed E-state index contributed by atoms with van der Waals surface area (Å²) in [6.45, 7) is 4.88. The molecule has 0 amide bonds. The summed E-state index contributed by atoms with van der Waals surface area (Å²) in [6.07, 6.45) is 6.52. The Kier molecular flexibility index (Phi) is 4.46. The molecule has 0 spiro atoms. The third-order valence-electron chi connectivity index (χ3n) is 4.66. The number of benzene rings is 1. The van der Waals surface area contributed by atoms with E-state index in [0.717, 1.165) is 0 Å². The number of nitrogens with zero attached hydrogens (tertiary/aromatic N) is 2. The summed E-state index contributed by atoms with van der Waals surface area (Å²) >= 11 is 0. The maximum absolute atomic E-state index is 3.82. The van der Waals surface area contributed by atoms with Crippen LogP contribution in [0.25, 0.3) is 0 Å². The van der Waals surface area contributed by atoms with Crippen molar-refractivity contribution in [2.24, 2.45) is 0 Å². The van der Waals surface area contributed by atoms with Gasteiger partial charge in [-0.2, -0.15) is 0 Å². The van der Waals surface area contributed by atoms with Gasteiger partial charge in [-0.15, -0.1) is 0 Å². The maximum Gasteiger partial charge on any atom is 0.0602 e. The Hall–Kier alpha value is -1.22. The van der Waals surface area contributed by atoms with E-state index in [-0.39, 0.29) is 0 Å². The molecule has 1 aromatic carbocycles. The summed E-state index contributed by atoms with van der Waals surface area (Å²) in [6, 6.07) is 9.48. The minimum atomic E-state index is 0.628. The summed E-state index contributed by atoms with van der Waals surface area (Å²) in [5.41, 5.74) is 2.74. The van der Waals surface area contributed by atoms with Crippen molar-refractivity contribution in [3.05, 3.63) is 24.3 Å². The fraction of sp³-hybridized carbons (Fsp3) is 0.647. The van der Waals surface area contributed by atoms with Crippen LogP contribution in [-0.2, 0) is 0 Å². The van der Waals surface area contributed by atoms with Gasteiger partial charge in [0.15, 0.2) is 0 Å². The fourth-order valence-electron chi connectivity index (χ4n) is 3.43. The molecule has 3 rings (SSSR count). The van der Waals surface area contributed by atoms with Crippen molar-refractivity contribution in [1.29, 1.82) is 0 Å². The highest BCUT2D eigenvalue weighted by molar-refractivity contribution is 5.70. The molecular formula is C17H27N3. The number of nitrogens with one attached hydrogen (secondary N) is 1. The van der Waals surface area contributed by atoms with E-state index < -0.39 is 0 Å². The van der Waals surface area contributed by atoms with Gasteiger partial charge in [0.25, 0.3) is 0 Å². The second-order valence-corrected chi connectivity index (χ2v) is 6.29. The number of para-hydroxylation sites is 2. The predicted molar refractivity (Wildman–Crippen MR) is 86.6 cm³/mol. The highest BCUT2D eigenvalue weighted by Crippen LogP contribution is 2.30. The van der Waals surface area contributed by atoms with Gasteiger partial charge in [0, 0.05) is 19.1 Å². The molecule has 20 heavy (non-hydrogen) atoms. The molecule has 2 aliphatic rings. The number of anilines is 2. The van der Waals surface area contributed by atoms with Gasteiger partial charge in [-0.1, -0.05) is 12.1 Å². The van der Waals surface area contributed by atoms with Gasteiger partial charge in [-0.3, -0.25) is 0 Å². The Morgan fingerprint density at radius 3 is 2.60 bits per heavy atom. The number of hydrogen-bond acceptors (Lipinski definition) is 3. The number of likely N-dealkylation sites (tertiary alicyclic amines) is 1. The smallest absolute Gasteiger partial charge is 0.0602 e. The van der Waals surface area contributed by atoms with E-state index in [1.807, 2.05) is 0 Å². The van der Waals surface area contributed by atoms with Crippen LogP contribution >= 0.6 is 0 Å². The third-order valence-corrected chi connectivity index (χ3v) is 4.66. The van der Waals surface area contributed by atoms with Crippen LogP contribution in [0.4, 0.5) is 11.4 Å². The van der Waals surface area contributed by atoms with Crippen molar-refractivity contribution in [3.63, 3.8) is 0 Å². The van der Waals surface area contributed by atoms with Crippen LogP contribution in [0.1, 0.15) is 32.1 Å². The van der Waals surface area contributed by atoms with Crippen molar-refractivity contribution in [3.8, 4) is 0 Å². The zero-order chi connectivity index (χ0) is 13.8. The molecule has 3 heteroatoms. The quantitative estimate of drug-likeness (QED) is 0.912. The molecule has 2 heterocycles. The molecule has 0 aliphatic carbocycles. The number of hydrogen-bond donors (Lipinski definition) is 1. The molecule has 1 atom stereocenters. The van der Waals surface area contributed by atoms with Crippen molar-refractivity contribution >= 4 is 11.4 Å². The van der Waals surface area contributed by atoms with Crippen LogP contribution in [0.3, 0.4) is 0 Å². The van der Waals surface area contributed by atoms with Gasteiger partial charge in [-0.05, 0) is 64.4 Å². The number of rotatable bonds is 3. The molecule has 0 aromatic heterocycles. The molecule has 2 saturated heterocycles. The molecule has 0 saturated carbocycles. The van der Waals surface area contributed by atoms with Gasteiger partial charge in [-0.25, -0.2) is 0 Å². The van der Waals surface area contributed by atoms with Gasteiger partial charge in [0.1, 0.15) is 0 Å². The van der Waals surface area contributed by atoms with Crippen LogP contribution in [0.2, 0.25) is 0 Å². The molecule has 0 bridgehead atoms. The maximum atomic E-state index is 3.82. The lowest BCUT2D eigenvalue weighted by Gasteiger charge is -2.25. The fourth-order valence-corrected chi connectivity index (χ4v) is 3.43. The first-order valence-electron chi connectivity index (χ1n) is 8.12. The summed E-state index contributed by atoms with van der Waals surface area (Å²) in [5.74, 6) is 0. The Bertz CT molecular complexity index is 426. The zero-order valence-electron chi connectivity index (χ0n) is 12.6. The van der Waals surface area contributed by atoms with Crippen LogP contribution in [0, 0.1) is 0 Å². The Balaban J connectivity index is 1.70. The second kappa shape index (κ2) is 6.49. The van der Waals surface area contributed by atoms with Crippen molar-refractivity contribution in [2.45, 2.75) is 38.1 Å². The zero-order valence-corrected chi connectivity index (χ0v) is 12.6. The Morgan fingerprint density at radius 2 is 1.75 bits per heavy atom. The van der Waals surface area contributed by atoms with Crippen LogP contribution in [0.5, 0.6) is 0 Å². The van der Waals surface area contributed by atoms with E-state index in [2.05, 4.69) is 46.4 Å². The largest absolute Gasteiger partial charge is 0.381 e. The minimum absolute atomic E-state index is 0.628. The standard InChI is InChI=1S/C17H27N3/c1-19-11-6-7-15(10-14-19)18-16-8-2-3-9-17(16)20-12-4-5-13-20/h2-3,8-9,15,18H,4-7,10-14H2,1H3. The van der Waals surface area contributed by atoms with Crippen LogP contribution in [0.15, 0.2) is 24.3 Å². The molecule has 2 fully saturated rings. The summed E-state index contributed by atoms with van der Waals surface area (Å²) in [5, 5.41) is 3.82. The van der Waals surface area contributed by atoms with Crippen LogP contribution < -0.4 is 10.2 Å². The Morgan fingerprint density at radius 1 is 0.950 bits per heavy atom. The molecular weight excluding hydrogens is 246 g/mol. The summed E-state index contributed by atoms with van der Waals surface area (Å²) < 4.78 is 0. The second-order valence-electron chi connectivity index (χ2n) is 6.29. The van der Waals surface area contributed by atoms with Crippen molar-refractivity contribution < 1.29 is 0 Å². The van der Waals surface area contributed by atoms with Crippen molar-refractivity contribution in [2.75, 3.05) is 43.4 Å². The lowest BCUT2D eigenvalue weighted by atomic mass is 10.1. The van der Waals surface area contributed by atoms with E-state index in [9.17, 15) is 0 Å². The summed E-state index contributed by atoms with van der Waals surface area (Å²) in [4.78, 5) is 4.99. The topological polar surface area (TPSA) is 18.5 Å². The molecule has 1 aromatic rings. The predicted octanol–water partition coefficient (Wildman–Crippen LogP) is 3.18. The molecule has 1 N–H and O–H groups in total. The molecule has 110 valence electrons. The highest BCUT2D eigenvalue weighted by atomic mass is 15.2. The average molecular weight is 273 g/mol. The summed E-state index contributed by atoms with van der Waals surface area (Å²) in [7, 11) is 2.24. The monoisotopic (exact) mass is 273 g/mol. The first kappa shape index (κ1) is 13.7. The highest BCUT2D eigenvalue weighted by Gasteiger charge is 2.19. The molecule has 3 nitrogen and oxygen atoms in total. The molecule has 0 radical (unpaired) electrons. The molecule has 2 aliphatic heterocycles. The van der Waals surface area contributed by atoms with Gasteiger partial charge in [0.05, 0.1) is 11.4 Å². The SMILES string of the molecule is CN1CCCC(Nc2ccccc2N2CCCC2)CC1. The van der Waals surface area contributed by atoms with Crippen molar-refractivity contribution in [1.82, 2.24) is 4.90 Å². The Labute approximate surface area is 123 Å². The first-order chi connectivity index (χ1) is 9.83.